The number of rotatable bonds is 3. The standard InChI is InChI=1S/C17H15BrClNO/c1-10-9-12(11-5-6-11)7-8-13(10)17(21)20-15-4-2-3-14(18)16(15)19/h2-4,7-9,11H,5-6H2,1H3,(H,20,21). The van der Waals surface area contributed by atoms with Crippen molar-refractivity contribution in [1.29, 1.82) is 0 Å². The molecule has 0 spiro atoms. The van der Waals surface area contributed by atoms with Crippen molar-refractivity contribution < 1.29 is 4.79 Å². The molecule has 2 aromatic rings. The van der Waals surface area contributed by atoms with E-state index in [-0.39, 0.29) is 5.91 Å². The lowest BCUT2D eigenvalue weighted by Crippen LogP contribution is -2.14. The van der Waals surface area contributed by atoms with E-state index in [4.69, 9.17) is 11.6 Å². The van der Waals surface area contributed by atoms with E-state index in [1.807, 2.05) is 25.1 Å². The molecule has 1 aliphatic carbocycles. The highest BCUT2D eigenvalue weighted by Gasteiger charge is 2.24. The van der Waals surface area contributed by atoms with E-state index in [0.717, 1.165) is 10.0 Å². The number of nitrogens with one attached hydrogen (secondary N) is 1. The SMILES string of the molecule is Cc1cc(C2CC2)ccc1C(=O)Nc1cccc(Br)c1Cl. The van der Waals surface area contributed by atoms with E-state index in [9.17, 15) is 4.79 Å². The molecule has 4 heteroatoms. The van der Waals surface area contributed by atoms with Crippen LogP contribution in [0.15, 0.2) is 40.9 Å². The van der Waals surface area contributed by atoms with Gasteiger partial charge in [-0.2, -0.15) is 0 Å². The summed E-state index contributed by atoms with van der Waals surface area (Å²) < 4.78 is 0.766. The fraction of sp³-hybridized carbons (Fsp3) is 0.235. The predicted molar refractivity (Wildman–Crippen MR) is 90.3 cm³/mol. The minimum atomic E-state index is -0.130. The van der Waals surface area contributed by atoms with Crippen LogP contribution in [0.5, 0.6) is 0 Å². The van der Waals surface area contributed by atoms with Crippen LogP contribution in [0.1, 0.15) is 40.2 Å². The van der Waals surface area contributed by atoms with Crippen molar-refractivity contribution in [3.05, 3.63) is 62.6 Å². The van der Waals surface area contributed by atoms with E-state index >= 15 is 0 Å². The third-order valence-corrected chi connectivity index (χ3v) is 5.04. The molecule has 2 nitrogen and oxygen atoms in total. The zero-order valence-corrected chi connectivity index (χ0v) is 14.0. The number of halogens is 2. The van der Waals surface area contributed by atoms with Crippen molar-refractivity contribution >= 4 is 39.1 Å². The summed E-state index contributed by atoms with van der Waals surface area (Å²) in [6.45, 7) is 1.98. The molecular weight excluding hydrogens is 350 g/mol. The van der Waals surface area contributed by atoms with Crippen molar-refractivity contribution in [2.75, 3.05) is 5.32 Å². The van der Waals surface area contributed by atoms with Crippen molar-refractivity contribution in [1.82, 2.24) is 0 Å². The lowest BCUT2D eigenvalue weighted by atomic mass is 10.0. The minimum Gasteiger partial charge on any atom is -0.321 e. The molecule has 0 aromatic heterocycles. The van der Waals surface area contributed by atoms with Crippen LogP contribution in [0.25, 0.3) is 0 Å². The van der Waals surface area contributed by atoms with Gasteiger partial charge in [0.15, 0.2) is 0 Å². The Kier molecular flexibility index (Phi) is 4.05. The van der Waals surface area contributed by atoms with Gasteiger partial charge in [0.05, 0.1) is 10.7 Å². The molecular formula is C17H15BrClNO. The number of anilines is 1. The summed E-state index contributed by atoms with van der Waals surface area (Å²) >= 11 is 9.53. The molecule has 1 aliphatic rings. The van der Waals surface area contributed by atoms with E-state index in [1.165, 1.54) is 18.4 Å². The molecule has 108 valence electrons. The molecule has 1 fully saturated rings. The first-order valence-electron chi connectivity index (χ1n) is 6.92. The van der Waals surface area contributed by atoms with Crippen LogP contribution in [-0.2, 0) is 0 Å². The summed E-state index contributed by atoms with van der Waals surface area (Å²) in [5.41, 5.74) is 3.64. The van der Waals surface area contributed by atoms with Crippen LogP contribution in [0.2, 0.25) is 5.02 Å². The first kappa shape index (κ1) is 14.6. The number of carbonyl (C=O) groups excluding carboxylic acids is 1. The van der Waals surface area contributed by atoms with Crippen molar-refractivity contribution in [3.63, 3.8) is 0 Å². The summed E-state index contributed by atoms with van der Waals surface area (Å²) in [4.78, 5) is 12.4. The molecule has 0 unspecified atom stereocenters. The Morgan fingerprint density at radius 2 is 2.05 bits per heavy atom. The zero-order chi connectivity index (χ0) is 15.0. The van der Waals surface area contributed by atoms with Crippen molar-refractivity contribution in [2.24, 2.45) is 0 Å². The van der Waals surface area contributed by atoms with Gasteiger partial charge >= 0.3 is 0 Å². The maximum atomic E-state index is 12.4. The Morgan fingerprint density at radius 1 is 1.29 bits per heavy atom. The molecule has 1 amide bonds. The average molecular weight is 365 g/mol. The van der Waals surface area contributed by atoms with E-state index in [1.54, 1.807) is 6.07 Å². The van der Waals surface area contributed by atoms with Crippen molar-refractivity contribution in [3.8, 4) is 0 Å². The number of aryl methyl sites for hydroxylation is 1. The molecule has 0 saturated heterocycles. The molecule has 1 saturated carbocycles. The first-order valence-corrected chi connectivity index (χ1v) is 8.09. The van der Waals surface area contributed by atoms with Crippen LogP contribution in [0.3, 0.4) is 0 Å². The van der Waals surface area contributed by atoms with Crippen molar-refractivity contribution in [2.45, 2.75) is 25.7 Å². The smallest absolute Gasteiger partial charge is 0.255 e. The lowest BCUT2D eigenvalue weighted by molar-refractivity contribution is 0.102. The maximum Gasteiger partial charge on any atom is 0.255 e. The highest BCUT2D eigenvalue weighted by atomic mass is 79.9. The average Bonchev–Trinajstić information content (AvgIpc) is 3.28. The Bertz CT molecular complexity index is 710. The van der Waals surface area contributed by atoms with Crippen LogP contribution in [0.4, 0.5) is 5.69 Å². The van der Waals surface area contributed by atoms with Crippen LogP contribution >= 0.6 is 27.5 Å². The molecule has 0 radical (unpaired) electrons. The van der Waals surface area contributed by atoms with Gasteiger partial charge in [-0.3, -0.25) is 4.79 Å². The number of amides is 1. The Morgan fingerprint density at radius 3 is 2.71 bits per heavy atom. The van der Waals surface area contributed by atoms with Gasteiger partial charge in [-0.05, 0) is 70.9 Å². The molecule has 0 heterocycles. The van der Waals surface area contributed by atoms with Crippen LogP contribution in [-0.4, -0.2) is 5.91 Å². The normalized spacial score (nSPS) is 14.0. The number of benzene rings is 2. The molecule has 0 bridgehead atoms. The molecule has 0 aliphatic heterocycles. The topological polar surface area (TPSA) is 29.1 Å². The first-order chi connectivity index (χ1) is 10.1. The summed E-state index contributed by atoms with van der Waals surface area (Å²) in [5, 5.41) is 3.38. The Balaban J connectivity index is 1.83. The summed E-state index contributed by atoms with van der Waals surface area (Å²) in [5.74, 6) is 0.565. The summed E-state index contributed by atoms with van der Waals surface area (Å²) in [7, 11) is 0. The van der Waals surface area contributed by atoms with Crippen LogP contribution < -0.4 is 5.32 Å². The molecule has 21 heavy (non-hydrogen) atoms. The van der Waals surface area contributed by atoms with Gasteiger partial charge in [0.1, 0.15) is 0 Å². The maximum absolute atomic E-state index is 12.4. The molecule has 3 rings (SSSR count). The van der Waals surface area contributed by atoms with Gasteiger partial charge in [0.25, 0.3) is 5.91 Å². The minimum absolute atomic E-state index is 0.130. The second-order valence-electron chi connectivity index (χ2n) is 5.40. The van der Waals surface area contributed by atoms with Gasteiger partial charge in [0.2, 0.25) is 0 Å². The van der Waals surface area contributed by atoms with E-state index in [2.05, 4.69) is 33.4 Å². The fourth-order valence-corrected chi connectivity index (χ4v) is 2.94. The Labute approximate surface area is 137 Å². The van der Waals surface area contributed by atoms with Gasteiger partial charge in [-0.15, -0.1) is 0 Å². The molecule has 2 aromatic carbocycles. The van der Waals surface area contributed by atoms with Gasteiger partial charge in [0, 0.05) is 10.0 Å². The molecule has 0 atom stereocenters. The Hall–Kier alpha value is -1.32. The monoisotopic (exact) mass is 363 g/mol. The third-order valence-electron chi connectivity index (χ3n) is 3.74. The summed E-state index contributed by atoms with van der Waals surface area (Å²) in [6, 6.07) is 11.6. The third kappa shape index (κ3) is 3.14. The second kappa shape index (κ2) is 5.82. The predicted octanol–water partition coefficient (Wildman–Crippen LogP) is 5.54. The largest absolute Gasteiger partial charge is 0.321 e. The number of hydrogen-bond donors (Lipinski definition) is 1. The van der Waals surface area contributed by atoms with Crippen LogP contribution in [0, 0.1) is 6.92 Å². The highest BCUT2D eigenvalue weighted by molar-refractivity contribution is 9.10. The fourth-order valence-electron chi connectivity index (χ4n) is 2.40. The number of hydrogen-bond acceptors (Lipinski definition) is 1. The number of carbonyl (C=O) groups is 1. The van der Waals surface area contributed by atoms with Gasteiger partial charge in [-0.1, -0.05) is 29.8 Å². The highest BCUT2D eigenvalue weighted by Crippen LogP contribution is 2.40. The lowest BCUT2D eigenvalue weighted by Gasteiger charge is -2.11. The zero-order valence-electron chi connectivity index (χ0n) is 11.6. The molecule has 1 N–H and O–H groups in total. The quantitative estimate of drug-likeness (QED) is 0.761. The second-order valence-corrected chi connectivity index (χ2v) is 6.64. The van der Waals surface area contributed by atoms with Gasteiger partial charge in [-0.25, -0.2) is 0 Å². The summed E-state index contributed by atoms with van der Waals surface area (Å²) in [6.07, 6.45) is 2.53. The van der Waals surface area contributed by atoms with E-state index < -0.39 is 0 Å². The van der Waals surface area contributed by atoms with E-state index in [0.29, 0.717) is 22.2 Å². The van der Waals surface area contributed by atoms with Gasteiger partial charge < -0.3 is 5.32 Å².